The first-order chi connectivity index (χ1) is 7.31. The van der Waals surface area contributed by atoms with Gasteiger partial charge in [0.25, 0.3) is 0 Å². The van der Waals surface area contributed by atoms with Crippen LogP contribution >= 0.6 is 11.3 Å². The lowest BCUT2D eigenvalue weighted by Gasteiger charge is -2.20. The van der Waals surface area contributed by atoms with Crippen molar-refractivity contribution in [2.75, 3.05) is 18.9 Å². The molecule has 0 radical (unpaired) electrons. The third-order valence-electron chi connectivity index (χ3n) is 2.74. The molecule has 1 saturated heterocycles. The quantitative estimate of drug-likeness (QED) is 0.861. The fourth-order valence-electron chi connectivity index (χ4n) is 1.96. The first-order valence-corrected chi connectivity index (χ1v) is 6.45. The van der Waals surface area contributed by atoms with Crippen LogP contribution in [0.25, 0.3) is 0 Å². The van der Waals surface area contributed by atoms with Crippen LogP contribution in [0, 0.1) is 0 Å². The molecule has 1 aliphatic rings. The predicted octanol–water partition coefficient (Wildman–Crippen LogP) is 2.57. The van der Waals surface area contributed by atoms with E-state index in [1.807, 2.05) is 0 Å². The molecule has 1 fully saturated rings. The third kappa shape index (κ3) is 2.49. The van der Waals surface area contributed by atoms with Gasteiger partial charge in [0.05, 0.1) is 17.3 Å². The Morgan fingerprint density at radius 3 is 3.13 bits per heavy atom. The van der Waals surface area contributed by atoms with E-state index >= 15 is 0 Å². The van der Waals surface area contributed by atoms with Gasteiger partial charge in [-0.15, -0.1) is 11.3 Å². The number of thiazole rings is 1. The molecule has 0 saturated carbocycles. The van der Waals surface area contributed by atoms with Crippen molar-refractivity contribution >= 4 is 16.3 Å². The molecule has 2 N–H and O–H groups in total. The van der Waals surface area contributed by atoms with E-state index in [9.17, 15) is 0 Å². The van der Waals surface area contributed by atoms with Crippen molar-refractivity contribution in [3.8, 4) is 0 Å². The Hall–Kier alpha value is -0.610. The Kier molecular flexibility index (Phi) is 3.59. The number of rotatable bonds is 3. The predicted molar refractivity (Wildman–Crippen MR) is 63.3 cm³/mol. The van der Waals surface area contributed by atoms with E-state index in [-0.39, 0.29) is 0 Å². The first kappa shape index (κ1) is 10.9. The van der Waals surface area contributed by atoms with Gasteiger partial charge in [0.15, 0.2) is 0 Å². The number of anilines is 1. The molecular formula is C11H18N2OS. The average Bonchev–Trinajstić information content (AvgIpc) is 2.61. The van der Waals surface area contributed by atoms with Crippen molar-refractivity contribution < 1.29 is 4.74 Å². The largest absolute Gasteiger partial charge is 0.389 e. The van der Waals surface area contributed by atoms with Crippen LogP contribution in [0.1, 0.15) is 42.8 Å². The summed E-state index contributed by atoms with van der Waals surface area (Å²) in [6, 6.07) is 0. The van der Waals surface area contributed by atoms with Crippen molar-refractivity contribution in [1.82, 2.24) is 4.98 Å². The van der Waals surface area contributed by atoms with Crippen molar-refractivity contribution in [3.05, 3.63) is 10.7 Å². The molecular weight excluding hydrogens is 208 g/mol. The molecule has 1 aromatic rings. The molecule has 1 aliphatic heterocycles. The zero-order valence-electron chi connectivity index (χ0n) is 9.16. The zero-order valence-corrected chi connectivity index (χ0v) is 9.98. The van der Waals surface area contributed by atoms with Crippen LogP contribution in [0.15, 0.2) is 0 Å². The van der Waals surface area contributed by atoms with Gasteiger partial charge in [-0.1, -0.05) is 6.92 Å². The second-order valence-electron chi connectivity index (χ2n) is 4.02. The second kappa shape index (κ2) is 4.94. The Labute approximate surface area is 94.7 Å². The summed E-state index contributed by atoms with van der Waals surface area (Å²) in [5, 5.41) is 2.07. The molecule has 0 bridgehead atoms. The van der Waals surface area contributed by atoms with Gasteiger partial charge in [0, 0.05) is 12.5 Å². The number of nitrogens with two attached hydrogens (primary N) is 1. The van der Waals surface area contributed by atoms with Crippen LogP contribution in [0.5, 0.6) is 0 Å². The summed E-state index contributed by atoms with van der Waals surface area (Å²) < 4.78 is 5.47. The maximum absolute atomic E-state index is 6.00. The van der Waals surface area contributed by atoms with E-state index in [4.69, 9.17) is 10.5 Å². The Balaban J connectivity index is 2.11. The molecule has 84 valence electrons. The van der Waals surface area contributed by atoms with Crippen LogP contribution in [0.4, 0.5) is 5.00 Å². The molecule has 2 rings (SSSR count). The second-order valence-corrected chi connectivity index (χ2v) is 5.14. The van der Waals surface area contributed by atoms with Gasteiger partial charge in [0.2, 0.25) is 0 Å². The molecule has 1 atom stereocenters. The highest BCUT2D eigenvalue weighted by Crippen LogP contribution is 2.32. The van der Waals surface area contributed by atoms with Crippen LogP contribution in [0.2, 0.25) is 0 Å². The molecule has 1 unspecified atom stereocenters. The molecule has 15 heavy (non-hydrogen) atoms. The molecule has 0 aliphatic carbocycles. The number of nitrogen functional groups attached to an aromatic ring is 1. The zero-order chi connectivity index (χ0) is 10.7. The van der Waals surface area contributed by atoms with Gasteiger partial charge in [-0.25, -0.2) is 4.98 Å². The number of aryl methyl sites for hydroxylation is 1. The van der Waals surface area contributed by atoms with E-state index in [2.05, 4.69) is 11.9 Å². The van der Waals surface area contributed by atoms with Gasteiger partial charge >= 0.3 is 0 Å². The van der Waals surface area contributed by atoms with E-state index in [0.29, 0.717) is 5.92 Å². The SMILES string of the molecule is CCCc1nc(C2CCCOC2)c(N)s1. The lowest BCUT2D eigenvalue weighted by Crippen LogP contribution is -2.16. The average molecular weight is 226 g/mol. The first-order valence-electron chi connectivity index (χ1n) is 5.64. The molecule has 1 aromatic heterocycles. The minimum Gasteiger partial charge on any atom is -0.389 e. The maximum atomic E-state index is 6.00. The lowest BCUT2D eigenvalue weighted by atomic mass is 9.99. The van der Waals surface area contributed by atoms with Crippen LogP contribution in [-0.4, -0.2) is 18.2 Å². The molecule has 2 heterocycles. The lowest BCUT2D eigenvalue weighted by molar-refractivity contribution is 0.0796. The number of nitrogens with zero attached hydrogens (tertiary/aromatic N) is 1. The van der Waals surface area contributed by atoms with Crippen molar-refractivity contribution in [3.63, 3.8) is 0 Å². The van der Waals surface area contributed by atoms with Crippen LogP contribution in [-0.2, 0) is 11.2 Å². The number of aromatic nitrogens is 1. The maximum Gasteiger partial charge on any atom is 0.110 e. The van der Waals surface area contributed by atoms with Crippen molar-refractivity contribution in [2.24, 2.45) is 0 Å². The summed E-state index contributed by atoms with van der Waals surface area (Å²) in [6.07, 6.45) is 4.47. The summed E-state index contributed by atoms with van der Waals surface area (Å²) in [6.45, 7) is 3.85. The van der Waals surface area contributed by atoms with Gasteiger partial charge in [0.1, 0.15) is 5.00 Å². The van der Waals surface area contributed by atoms with Gasteiger partial charge < -0.3 is 10.5 Å². The summed E-state index contributed by atoms with van der Waals surface area (Å²) in [5.74, 6) is 0.431. The number of hydrogen-bond donors (Lipinski definition) is 1. The van der Waals surface area contributed by atoms with Gasteiger partial charge in [-0.2, -0.15) is 0 Å². The molecule has 4 heteroatoms. The Morgan fingerprint density at radius 2 is 2.47 bits per heavy atom. The Morgan fingerprint density at radius 1 is 1.60 bits per heavy atom. The number of hydrogen-bond acceptors (Lipinski definition) is 4. The van der Waals surface area contributed by atoms with Crippen molar-refractivity contribution in [1.29, 1.82) is 0 Å². The van der Waals surface area contributed by atoms with Crippen LogP contribution in [0.3, 0.4) is 0 Å². The minimum atomic E-state index is 0.431. The van der Waals surface area contributed by atoms with E-state index in [1.54, 1.807) is 11.3 Å². The standard InChI is InChI=1S/C11H18N2OS/c1-2-4-9-13-10(11(12)15-9)8-5-3-6-14-7-8/h8H,2-7,12H2,1H3. The van der Waals surface area contributed by atoms with Crippen LogP contribution < -0.4 is 5.73 Å². The van der Waals surface area contributed by atoms with Gasteiger partial charge in [-0.3, -0.25) is 0 Å². The summed E-state index contributed by atoms with van der Waals surface area (Å²) in [7, 11) is 0. The summed E-state index contributed by atoms with van der Waals surface area (Å²) in [4.78, 5) is 4.64. The fourth-order valence-corrected chi connectivity index (χ4v) is 2.98. The molecule has 3 nitrogen and oxygen atoms in total. The van der Waals surface area contributed by atoms with E-state index < -0.39 is 0 Å². The normalized spacial score (nSPS) is 21.8. The third-order valence-corrected chi connectivity index (χ3v) is 3.70. The topological polar surface area (TPSA) is 48.1 Å². The monoisotopic (exact) mass is 226 g/mol. The highest BCUT2D eigenvalue weighted by atomic mass is 32.1. The summed E-state index contributed by atoms with van der Waals surface area (Å²) >= 11 is 1.64. The Bertz CT molecular complexity index is 318. The smallest absolute Gasteiger partial charge is 0.110 e. The molecule has 0 amide bonds. The fraction of sp³-hybridized carbons (Fsp3) is 0.727. The van der Waals surface area contributed by atoms with Gasteiger partial charge in [-0.05, 0) is 25.7 Å². The highest BCUT2D eigenvalue weighted by molar-refractivity contribution is 7.15. The van der Waals surface area contributed by atoms with E-state index in [1.165, 1.54) is 11.4 Å². The minimum absolute atomic E-state index is 0.431. The number of ether oxygens (including phenoxy) is 1. The summed E-state index contributed by atoms with van der Waals surface area (Å²) in [5.41, 5.74) is 7.09. The molecule has 0 aromatic carbocycles. The highest BCUT2D eigenvalue weighted by Gasteiger charge is 2.21. The van der Waals surface area contributed by atoms with E-state index in [0.717, 1.165) is 43.2 Å². The van der Waals surface area contributed by atoms with Crippen molar-refractivity contribution in [2.45, 2.75) is 38.5 Å². The molecule has 0 spiro atoms.